The van der Waals surface area contributed by atoms with Crippen LogP contribution >= 0.6 is 11.6 Å². The molecule has 1 N–H and O–H groups in total. The number of nitrogens with zero attached hydrogens (tertiary/aromatic N) is 4. The van der Waals surface area contributed by atoms with Crippen molar-refractivity contribution in [3.63, 3.8) is 0 Å². The van der Waals surface area contributed by atoms with E-state index < -0.39 is 11.5 Å². The number of hydrogen-bond donors (Lipinski definition) is 1. The Bertz CT molecular complexity index is 900. The van der Waals surface area contributed by atoms with Crippen LogP contribution in [0.25, 0.3) is 0 Å². The Morgan fingerprint density at radius 2 is 1.80 bits per heavy atom. The summed E-state index contributed by atoms with van der Waals surface area (Å²) in [6.45, 7) is 2.30. The van der Waals surface area contributed by atoms with Gasteiger partial charge in [0.05, 0.1) is 12.3 Å². The highest BCUT2D eigenvalue weighted by Gasteiger charge is 2.33. The fraction of sp³-hybridized carbons (Fsp3) is 0.364. The SMILES string of the molecule is CN=C(N[S+]([O-])N1CCCCC1)N1C[C@H](c2ccccc2)C(c2ccc(Cl)cc2)=N1. The summed E-state index contributed by atoms with van der Waals surface area (Å²) >= 11 is 4.76. The number of aliphatic imine (C=N–C) groups is 1. The van der Waals surface area contributed by atoms with Crippen molar-refractivity contribution >= 4 is 34.8 Å². The number of halogens is 1. The normalized spacial score (nSPS) is 21.4. The number of guanidine groups is 1. The predicted octanol–water partition coefficient (Wildman–Crippen LogP) is 3.78. The molecule has 0 bridgehead atoms. The first-order valence-corrected chi connectivity index (χ1v) is 11.7. The molecule has 2 heterocycles. The van der Waals surface area contributed by atoms with E-state index in [0.29, 0.717) is 17.5 Å². The summed E-state index contributed by atoms with van der Waals surface area (Å²) in [6.07, 6.45) is 3.34. The van der Waals surface area contributed by atoms with Gasteiger partial charge in [0.1, 0.15) is 0 Å². The minimum absolute atomic E-state index is 0.0781. The standard InChI is InChI=1S/C22H26ClN5OS/c1-24-22(26-30(29)27-14-6-3-7-15-27)28-16-20(17-8-4-2-5-9-17)21(25-28)18-10-12-19(23)13-11-18/h2,4-5,8-13,20H,3,6-7,14-16H2,1H3,(H,24,26)/t20-,30?/m1/s1. The van der Waals surface area contributed by atoms with Gasteiger partial charge < -0.3 is 4.55 Å². The zero-order chi connectivity index (χ0) is 20.9. The Balaban J connectivity index is 1.58. The molecular formula is C22H26ClN5OS. The Kier molecular flexibility index (Phi) is 6.94. The van der Waals surface area contributed by atoms with Gasteiger partial charge in [-0.3, -0.25) is 4.99 Å². The van der Waals surface area contributed by atoms with Crippen molar-refractivity contribution < 1.29 is 4.55 Å². The lowest BCUT2D eigenvalue weighted by Gasteiger charge is -2.28. The van der Waals surface area contributed by atoms with E-state index in [2.05, 4.69) is 21.8 Å². The molecule has 1 unspecified atom stereocenters. The van der Waals surface area contributed by atoms with Crippen LogP contribution in [0.1, 0.15) is 36.3 Å². The molecule has 2 aliphatic heterocycles. The third-order valence-corrected chi connectivity index (χ3v) is 6.88. The van der Waals surface area contributed by atoms with Crippen molar-refractivity contribution in [3.05, 3.63) is 70.7 Å². The maximum atomic E-state index is 12.8. The second-order valence-corrected chi connectivity index (χ2v) is 9.08. The lowest BCUT2D eigenvalue weighted by Crippen LogP contribution is -2.49. The van der Waals surface area contributed by atoms with Crippen molar-refractivity contribution in [3.8, 4) is 0 Å². The Labute approximate surface area is 186 Å². The largest absolute Gasteiger partial charge is 0.573 e. The van der Waals surface area contributed by atoms with Crippen LogP contribution in [0.15, 0.2) is 64.7 Å². The van der Waals surface area contributed by atoms with Gasteiger partial charge in [-0.2, -0.15) is 9.82 Å². The van der Waals surface area contributed by atoms with Crippen molar-refractivity contribution in [1.82, 2.24) is 14.0 Å². The molecule has 0 radical (unpaired) electrons. The molecular weight excluding hydrogens is 418 g/mol. The number of hydrogen-bond acceptors (Lipinski definition) is 4. The van der Waals surface area contributed by atoms with E-state index in [1.54, 1.807) is 7.05 Å². The third-order valence-electron chi connectivity index (χ3n) is 5.44. The van der Waals surface area contributed by atoms with Gasteiger partial charge in [0, 0.05) is 31.1 Å². The molecule has 8 heteroatoms. The summed E-state index contributed by atoms with van der Waals surface area (Å²) in [5, 5.41) is 7.39. The summed E-state index contributed by atoms with van der Waals surface area (Å²) in [4.78, 5) is 4.36. The Morgan fingerprint density at radius 3 is 2.47 bits per heavy atom. The van der Waals surface area contributed by atoms with Gasteiger partial charge >= 0.3 is 0 Å². The maximum absolute atomic E-state index is 12.8. The molecule has 0 amide bonds. The Hall–Kier alpha value is -2.06. The number of hydrazone groups is 1. The summed E-state index contributed by atoms with van der Waals surface area (Å²) < 4.78 is 17.9. The van der Waals surface area contributed by atoms with Gasteiger partial charge in [-0.1, -0.05) is 60.5 Å². The van der Waals surface area contributed by atoms with Gasteiger partial charge in [0.25, 0.3) is 5.96 Å². The molecule has 2 atom stereocenters. The van der Waals surface area contributed by atoms with E-state index in [-0.39, 0.29) is 5.92 Å². The fourth-order valence-electron chi connectivity index (χ4n) is 3.85. The molecule has 1 saturated heterocycles. The average molecular weight is 444 g/mol. The molecule has 6 nitrogen and oxygen atoms in total. The van der Waals surface area contributed by atoms with E-state index in [4.69, 9.17) is 16.7 Å². The molecule has 0 saturated carbocycles. The number of rotatable bonds is 4. The minimum atomic E-state index is -1.32. The van der Waals surface area contributed by atoms with Crippen molar-refractivity contribution in [1.29, 1.82) is 0 Å². The molecule has 4 rings (SSSR count). The van der Waals surface area contributed by atoms with Crippen molar-refractivity contribution in [2.75, 3.05) is 26.7 Å². The topological polar surface area (TPSA) is 66.3 Å². The summed E-state index contributed by atoms with van der Waals surface area (Å²) in [5.41, 5.74) is 3.15. The first-order chi connectivity index (χ1) is 14.7. The van der Waals surface area contributed by atoms with Crippen LogP contribution in [-0.4, -0.2) is 52.2 Å². The quantitative estimate of drug-likeness (QED) is 0.443. The van der Waals surface area contributed by atoms with Crippen LogP contribution in [0.3, 0.4) is 0 Å². The predicted molar refractivity (Wildman–Crippen MR) is 124 cm³/mol. The Morgan fingerprint density at radius 1 is 1.10 bits per heavy atom. The van der Waals surface area contributed by atoms with Crippen LogP contribution in [0.2, 0.25) is 5.02 Å². The molecule has 0 aromatic heterocycles. The molecule has 0 spiro atoms. The van der Waals surface area contributed by atoms with Crippen LogP contribution in [0.5, 0.6) is 0 Å². The lowest BCUT2D eigenvalue weighted by atomic mass is 9.91. The summed E-state index contributed by atoms with van der Waals surface area (Å²) in [7, 11) is 1.70. The van der Waals surface area contributed by atoms with Gasteiger partial charge in [-0.15, -0.1) is 4.31 Å². The molecule has 158 valence electrons. The highest BCUT2D eigenvalue weighted by Crippen LogP contribution is 2.29. The van der Waals surface area contributed by atoms with Crippen LogP contribution in [0, 0.1) is 0 Å². The van der Waals surface area contributed by atoms with Crippen LogP contribution in [-0.2, 0) is 11.5 Å². The van der Waals surface area contributed by atoms with Crippen LogP contribution in [0.4, 0.5) is 0 Å². The molecule has 30 heavy (non-hydrogen) atoms. The van der Waals surface area contributed by atoms with Gasteiger partial charge in [-0.05, 0) is 36.1 Å². The molecule has 2 aromatic rings. The zero-order valence-corrected chi connectivity index (χ0v) is 18.6. The second kappa shape index (κ2) is 9.83. The molecule has 0 aliphatic carbocycles. The fourth-order valence-corrected chi connectivity index (χ4v) is 5.05. The monoisotopic (exact) mass is 443 g/mol. The van der Waals surface area contributed by atoms with Crippen molar-refractivity contribution in [2.24, 2.45) is 10.1 Å². The van der Waals surface area contributed by atoms with E-state index >= 15 is 0 Å². The lowest BCUT2D eigenvalue weighted by molar-refractivity contribution is 0.343. The van der Waals surface area contributed by atoms with Gasteiger partial charge in [0.15, 0.2) is 11.5 Å². The maximum Gasteiger partial charge on any atom is 0.258 e. The molecule has 2 aromatic carbocycles. The van der Waals surface area contributed by atoms with Crippen molar-refractivity contribution in [2.45, 2.75) is 25.2 Å². The summed E-state index contributed by atoms with van der Waals surface area (Å²) in [6, 6.07) is 18.0. The first kappa shape index (κ1) is 21.2. The van der Waals surface area contributed by atoms with E-state index in [1.807, 2.05) is 51.8 Å². The van der Waals surface area contributed by atoms with Gasteiger partial charge in [-0.25, -0.2) is 5.01 Å². The summed E-state index contributed by atoms with van der Waals surface area (Å²) in [5.74, 6) is 0.596. The van der Waals surface area contributed by atoms with E-state index in [1.165, 1.54) is 12.0 Å². The third kappa shape index (κ3) is 4.81. The highest BCUT2D eigenvalue weighted by molar-refractivity contribution is 7.87. The smallest absolute Gasteiger partial charge is 0.258 e. The van der Waals surface area contributed by atoms with E-state index in [9.17, 15) is 4.55 Å². The highest BCUT2D eigenvalue weighted by atomic mass is 35.5. The van der Waals surface area contributed by atoms with Gasteiger partial charge in [0.2, 0.25) is 0 Å². The first-order valence-electron chi connectivity index (χ1n) is 10.2. The van der Waals surface area contributed by atoms with Crippen LogP contribution < -0.4 is 4.72 Å². The number of piperidine rings is 1. The number of nitrogens with one attached hydrogen (secondary N) is 1. The molecule has 2 aliphatic rings. The molecule has 1 fully saturated rings. The minimum Gasteiger partial charge on any atom is -0.573 e. The number of benzene rings is 2. The van der Waals surface area contributed by atoms with E-state index in [0.717, 1.165) is 37.2 Å². The second-order valence-electron chi connectivity index (χ2n) is 7.43. The average Bonchev–Trinajstić information content (AvgIpc) is 3.24. The zero-order valence-electron chi connectivity index (χ0n) is 17.0.